The number of hydrogen-bond donors (Lipinski definition) is 0. The summed E-state index contributed by atoms with van der Waals surface area (Å²) in [7, 11) is 1.25. The monoisotopic (exact) mass is 251 g/mol. The molecule has 1 aromatic heterocycles. The molecule has 0 saturated carbocycles. The number of hydrogen-bond acceptors (Lipinski definition) is 5. The number of piperidine rings is 1. The number of ether oxygens (including phenoxy) is 1. The SMILES string of the molecule is COC(=O)C1CCN(C(=O)c2ccco2)CC1=O. The molecule has 1 aliphatic rings. The van der Waals surface area contributed by atoms with Crippen LogP contribution in [0.2, 0.25) is 0 Å². The average Bonchev–Trinajstić information content (AvgIpc) is 2.90. The van der Waals surface area contributed by atoms with E-state index in [1.54, 1.807) is 12.1 Å². The third-order valence-electron chi connectivity index (χ3n) is 2.93. The van der Waals surface area contributed by atoms with E-state index in [4.69, 9.17) is 4.42 Å². The van der Waals surface area contributed by atoms with Crippen LogP contribution in [0.25, 0.3) is 0 Å². The first-order valence-electron chi connectivity index (χ1n) is 5.57. The standard InChI is InChI=1S/C12H13NO5/c1-17-12(16)8-4-5-13(7-9(8)14)11(15)10-3-2-6-18-10/h2-3,6,8H,4-5,7H2,1H3. The minimum atomic E-state index is -0.754. The molecule has 2 rings (SSSR count). The highest BCUT2D eigenvalue weighted by atomic mass is 16.5. The summed E-state index contributed by atoms with van der Waals surface area (Å²) in [5.74, 6) is -1.73. The van der Waals surface area contributed by atoms with Crippen molar-refractivity contribution in [1.29, 1.82) is 0 Å². The van der Waals surface area contributed by atoms with E-state index in [1.807, 2.05) is 0 Å². The molecule has 18 heavy (non-hydrogen) atoms. The lowest BCUT2D eigenvalue weighted by Crippen LogP contribution is -2.46. The summed E-state index contributed by atoms with van der Waals surface area (Å²) in [5.41, 5.74) is 0. The normalized spacial score (nSPS) is 19.7. The van der Waals surface area contributed by atoms with Gasteiger partial charge in [0.05, 0.1) is 19.9 Å². The van der Waals surface area contributed by atoms with Crippen molar-refractivity contribution in [3.8, 4) is 0 Å². The van der Waals surface area contributed by atoms with Crippen molar-refractivity contribution < 1.29 is 23.5 Å². The Balaban J connectivity index is 2.02. The maximum atomic E-state index is 11.9. The maximum absolute atomic E-state index is 11.9. The number of furan rings is 1. The molecule has 1 fully saturated rings. The molecule has 0 N–H and O–H groups in total. The molecule has 1 aliphatic heterocycles. The summed E-state index contributed by atoms with van der Waals surface area (Å²) in [4.78, 5) is 36.4. The largest absolute Gasteiger partial charge is 0.468 e. The first-order valence-corrected chi connectivity index (χ1v) is 5.57. The van der Waals surface area contributed by atoms with Crippen molar-refractivity contribution in [2.24, 2.45) is 5.92 Å². The second-order valence-corrected chi connectivity index (χ2v) is 4.03. The Kier molecular flexibility index (Phi) is 3.45. The highest BCUT2D eigenvalue weighted by Crippen LogP contribution is 2.17. The van der Waals surface area contributed by atoms with Gasteiger partial charge >= 0.3 is 5.97 Å². The lowest BCUT2D eigenvalue weighted by atomic mass is 9.95. The van der Waals surface area contributed by atoms with Gasteiger partial charge < -0.3 is 14.1 Å². The highest BCUT2D eigenvalue weighted by Gasteiger charge is 2.35. The molecular formula is C12H13NO5. The van der Waals surface area contributed by atoms with Gasteiger partial charge in [-0.3, -0.25) is 14.4 Å². The zero-order valence-corrected chi connectivity index (χ0v) is 9.92. The molecule has 1 atom stereocenters. The lowest BCUT2D eigenvalue weighted by molar-refractivity contribution is -0.151. The van der Waals surface area contributed by atoms with Crippen LogP contribution in [0, 0.1) is 5.92 Å². The second kappa shape index (κ2) is 5.03. The predicted octanol–water partition coefficient (Wildman–Crippen LogP) is 0.484. The molecular weight excluding hydrogens is 238 g/mol. The fourth-order valence-electron chi connectivity index (χ4n) is 1.94. The van der Waals surface area contributed by atoms with Crippen LogP contribution in [-0.4, -0.2) is 42.8 Å². The van der Waals surface area contributed by atoms with Gasteiger partial charge in [0.15, 0.2) is 11.5 Å². The summed E-state index contributed by atoms with van der Waals surface area (Å²) in [6, 6.07) is 3.15. The number of nitrogens with zero attached hydrogens (tertiary/aromatic N) is 1. The van der Waals surface area contributed by atoms with Crippen molar-refractivity contribution in [3.05, 3.63) is 24.2 Å². The third kappa shape index (κ3) is 2.27. The van der Waals surface area contributed by atoms with Crippen molar-refractivity contribution in [2.75, 3.05) is 20.2 Å². The minimum Gasteiger partial charge on any atom is -0.468 e. The van der Waals surface area contributed by atoms with Crippen LogP contribution in [0.3, 0.4) is 0 Å². The maximum Gasteiger partial charge on any atom is 0.316 e. The molecule has 1 amide bonds. The first kappa shape index (κ1) is 12.3. The van der Waals surface area contributed by atoms with E-state index < -0.39 is 11.9 Å². The summed E-state index contributed by atoms with van der Waals surface area (Å²) in [6.07, 6.45) is 1.69. The molecule has 0 aromatic carbocycles. The van der Waals surface area contributed by atoms with Gasteiger partial charge in [0.2, 0.25) is 0 Å². The van der Waals surface area contributed by atoms with Gasteiger partial charge in [0.1, 0.15) is 5.92 Å². The van der Waals surface area contributed by atoms with E-state index in [0.717, 1.165) is 0 Å². The highest BCUT2D eigenvalue weighted by molar-refractivity contribution is 6.03. The summed E-state index contributed by atoms with van der Waals surface area (Å²) >= 11 is 0. The second-order valence-electron chi connectivity index (χ2n) is 4.03. The number of carbonyl (C=O) groups excluding carboxylic acids is 3. The molecule has 1 saturated heterocycles. The predicted molar refractivity (Wildman–Crippen MR) is 59.7 cm³/mol. The quantitative estimate of drug-likeness (QED) is 0.564. The molecule has 0 radical (unpaired) electrons. The number of rotatable bonds is 2. The minimum absolute atomic E-state index is 0.0840. The Morgan fingerprint density at radius 2 is 2.28 bits per heavy atom. The van der Waals surface area contributed by atoms with Crippen LogP contribution in [0.15, 0.2) is 22.8 Å². The Bertz CT molecular complexity index is 465. The number of carbonyl (C=O) groups is 3. The fraction of sp³-hybridized carbons (Fsp3) is 0.417. The zero-order valence-electron chi connectivity index (χ0n) is 9.92. The molecule has 0 bridgehead atoms. The van der Waals surface area contributed by atoms with Crippen LogP contribution in [0.1, 0.15) is 17.0 Å². The van der Waals surface area contributed by atoms with Crippen molar-refractivity contribution in [2.45, 2.75) is 6.42 Å². The molecule has 6 nitrogen and oxygen atoms in total. The van der Waals surface area contributed by atoms with Crippen LogP contribution in [0.4, 0.5) is 0 Å². The fourth-order valence-corrected chi connectivity index (χ4v) is 1.94. The smallest absolute Gasteiger partial charge is 0.316 e. The van der Waals surface area contributed by atoms with E-state index in [1.165, 1.54) is 18.3 Å². The average molecular weight is 251 g/mol. The van der Waals surface area contributed by atoms with E-state index in [2.05, 4.69) is 4.74 Å². The van der Waals surface area contributed by atoms with Crippen molar-refractivity contribution in [3.63, 3.8) is 0 Å². The van der Waals surface area contributed by atoms with Gasteiger partial charge in [0.25, 0.3) is 5.91 Å². The molecule has 6 heteroatoms. The zero-order chi connectivity index (χ0) is 13.1. The number of likely N-dealkylation sites (tertiary alicyclic amines) is 1. The van der Waals surface area contributed by atoms with E-state index in [9.17, 15) is 14.4 Å². The van der Waals surface area contributed by atoms with Crippen LogP contribution in [-0.2, 0) is 14.3 Å². The Labute approximate surface area is 103 Å². The molecule has 1 aromatic rings. The Morgan fingerprint density at radius 3 is 2.83 bits per heavy atom. The van der Waals surface area contributed by atoms with Crippen molar-refractivity contribution in [1.82, 2.24) is 4.90 Å². The molecule has 0 spiro atoms. The van der Waals surface area contributed by atoms with Gasteiger partial charge in [-0.2, -0.15) is 0 Å². The summed E-state index contributed by atoms with van der Waals surface area (Å²) in [6.45, 7) is 0.254. The van der Waals surface area contributed by atoms with Crippen LogP contribution in [0.5, 0.6) is 0 Å². The van der Waals surface area contributed by atoms with Gasteiger partial charge in [-0.05, 0) is 18.6 Å². The molecule has 0 aliphatic carbocycles. The van der Waals surface area contributed by atoms with Crippen LogP contribution >= 0.6 is 0 Å². The number of Topliss-reactive ketones (excluding diaryl/α,β-unsaturated/α-hetero) is 1. The van der Waals surface area contributed by atoms with Gasteiger partial charge in [0, 0.05) is 6.54 Å². The topological polar surface area (TPSA) is 76.8 Å². The van der Waals surface area contributed by atoms with E-state index in [0.29, 0.717) is 6.54 Å². The lowest BCUT2D eigenvalue weighted by Gasteiger charge is -2.28. The third-order valence-corrected chi connectivity index (χ3v) is 2.93. The van der Waals surface area contributed by atoms with Crippen molar-refractivity contribution >= 4 is 17.7 Å². The number of ketones is 1. The van der Waals surface area contributed by atoms with Crippen LogP contribution < -0.4 is 0 Å². The number of amides is 1. The van der Waals surface area contributed by atoms with E-state index >= 15 is 0 Å². The Morgan fingerprint density at radius 1 is 1.50 bits per heavy atom. The molecule has 1 unspecified atom stereocenters. The summed E-state index contributed by atoms with van der Waals surface area (Å²) in [5, 5.41) is 0. The van der Waals surface area contributed by atoms with Gasteiger partial charge in [-0.15, -0.1) is 0 Å². The number of methoxy groups -OCH3 is 1. The Hall–Kier alpha value is -2.11. The molecule has 2 heterocycles. The van der Waals surface area contributed by atoms with Gasteiger partial charge in [-0.25, -0.2) is 0 Å². The number of esters is 1. The molecule has 96 valence electrons. The van der Waals surface area contributed by atoms with E-state index in [-0.39, 0.29) is 30.4 Å². The first-order chi connectivity index (χ1) is 8.63. The summed E-state index contributed by atoms with van der Waals surface area (Å²) < 4.78 is 9.53. The van der Waals surface area contributed by atoms with Gasteiger partial charge in [-0.1, -0.05) is 0 Å².